The maximum absolute atomic E-state index is 13.2. The van der Waals surface area contributed by atoms with Gasteiger partial charge in [-0.05, 0) is 56.7 Å². The highest BCUT2D eigenvalue weighted by Crippen LogP contribution is 2.39. The average Bonchev–Trinajstić information content (AvgIpc) is 3.20. The number of hydrogen-bond donors (Lipinski definition) is 0. The van der Waals surface area contributed by atoms with Crippen molar-refractivity contribution in [1.29, 1.82) is 5.26 Å². The van der Waals surface area contributed by atoms with Crippen molar-refractivity contribution in [3.05, 3.63) is 48.4 Å². The first-order valence-electron chi connectivity index (χ1n) is 11.6. The van der Waals surface area contributed by atoms with E-state index < -0.39 is 19.9 Å². The van der Waals surface area contributed by atoms with Gasteiger partial charge in [-0.2, -0.15) is 5.26 Å². The lowest BCUT2D eigenvalue weighted by molar-refractivity contribution is 0.279. The van der Waals surface area contributed by atoms with Crippen LogP contribution in [0.5, 0.6) is 0 Å². The third kappa shape index (κ3) is 4.19. The van der Waals surface area contributed by atoms with Gasteiger partial charge < -0.3 is 4.90 Å². The molecule has 0 spiro atoms. The van der Waals surface area contributed by atoms with Crippen LogP contribution in [0.1, 0.15) is 31.2 Å². The van der Waals surface area contributed by atoms with E-state index in [1.807, 2.05) is 18.9 Å². The lowest BCUT2D eigenvalue weighted by Gasteiger charge is -2.42. The number of aryl methyl sites for hydroxylation is 1. The number of hydrogen-bond acceptors (Lipinski definition) is 8. The minimum atomic E-state index is -3.81. The van der Waals surface area contributed by atoms with E-state index in [2.05, 4.69) is 16.0 Å². The molecule has 2 saturated carbocycles. The Balaban J connectivity index is 1.31. The average molecular weight is 514 g/mol. The molecule has 0 unspecified atom stereocenters. The van der Waals surface area contributed by atoms with Gasteiger partial charge in [-0.25, -0.2) is 30.8 Å². The molecule has 0 atom stereocenters. The monoisotopic (exact) mass is 513 g/mol. The van der Waals surface area contributed by atoms with Gasteiger partial charge in [0.15, 0.2) is 15.5 Å². The number of nitrogens with zero attached hydrogens (tertiary/aromatic N) is 5. The molecule has 184 valence electrons. The molecule has 0 aliphatic heterocycles. The first-order chi connectivity index (χ1) is 16.6. The van der Waals surface area contributed by atoms with E-state index in [9.17, 15) is 16.8 Å². The minimum absolute atomic E-state index is 0.0810. The summed E-state index contributed by atoms with van der Waals surface area (Å²) in [7, 11) is -5.10. The van der Waals surface area contributed by atoms with Gasteiger partial charge in [0.1, 0.15) is 12.1 Å². The number of anilines is 1. The van der Waals surface area contributed by atoms with Gasteiger partial charge in [0.2, 0.25) is 0 Å². The topological polar surface area (TPSA) is 126 Å². The van der Waals surface area contributed by atoms with Crippen LogP contribution in [0.3, 0.4) is 0 Å². The van der Waals surface area contributed by atoms with Crippen LogP contribution in [0.15, 0.2) is 47.8 Å². The molecule has 2 heterocycles. The number of sulfone groups is 1. The van der Waals surface area contributed by atoms with Crippen molar-refractivity contribution in [3.63, 3.8) is 0 Å². The first-order valence-corrected chi connectivity index (χ1v) is 14.7. The standard InChI is InChI=1S/C24H27N5O4S2/c1-16-3-5-20(6-4-16)35(32,33)29-8-7-22-23(26-15-27-24(22)29)28(2)19-9-18(10-19)14-34(30,31)21-11-17(12-21)13-25/h3-8,15,17-19,21H,9-12,14H2,1-2H3. The second-order valence-electron chi connectivity index (χ2n) is 9.72. The summed E-state index contributed by atoms with van der Waals surface area (Å²) >= 11 is 0. The highest BCUT2D eigenvalue weighted by Gasteiger charge is 2.43. The second-order valence-corrected chi connectivity index (χ2v) is 13.9. The summed E-state index contributed by atoms with van der Waals surface area (Å²) < 4.78 is 52.9. The molecule has 0 radical (unpaired) electrons. The van der Waals surface area contributed by atoms with Crippen LogP contribution in [0.4, 0.5) is 5.82 Å². The molecule has 1 aromatic carbocycles. The summed E-state index contributed by atoms with van der Waals surface area (Å²) in [6.45, 7) is 1.90. The zero-order valence-corrected chi connectivity index (χ0v) is 21.2. The van der Waals surface area contributed by atoms with Gasteiger partial charge >= 0.3 is 0 Å². The Hall–Kier alpha value is -2.97. The van der Waals surface area contributed by atoms with Gasteiger partial charge in [0.25, 0.3) is 10.0 Å². The zero-order valence-electron chi connectivity index (χ0n) is 19.6. The van der Waals surface area contributed by atoms with Crippen LogP contribution in [-0.2, 0) is 19.9 Å². The van der Waals surface area contributed by atoms with Crippen molar-refractivity contribution in [2.75, 3.05) is 17.7 Å². The molecule has 9 nitrogen and oxygen atoms in total. The maximum Gasteiger partial charge on any atom is 0.269 e. The van der Waals surface area contributed by atoms with Gasteiger partial charge in [-0.3, -0.25) is 0 Å². The lowest BCUT2D eigenvalue weighted by Crippen LogP contribution is -2.47. The molecular weight excluding hydrogens is 486 g/mol. The highest BCUT2D eigenvalue weighted by atomic mass is 32.2. The summed E-state index contributed by atoms with van der Waals surface area (Å²) in [5, 5.41) is 9.16. The molecule has 2 aromatic heterocycles. The fraction of sp³-hybridized carbons (Fsp3) is 0.458. The number of aromatic nitrogens is 3. The lowest BCUT2D eigenvalue weighted by atomic mass is 9.80. The highest BCUT2D eigenvalue weighted by molar-refractivity contribution is 7.92. The first kappa shape index (κ1) is 23.8. The number of benzene rings is 1. The van der Waals surface area contributed by atoms with Gasteiger partial charge in [0.05, 0.1) is 27.4 Å². The van der Waals surface area contributed by atoms with E-state index in [1.54, 1.807) is 30.3 Å². The molecule has 2 aliphatic carbocycles. The van der Waals surface area contributed by atoms with Crippen molar-refractivity contribution < 1.29 is 16.8 Å². The summed E-state index contributed by atoms with van der Waals surface area (Å²) in [4.78, 5) is 10.8. The summed E-state index contributed by atoms with van der Waals surface area (Å²) in [5.74, 6) is 0.731. The van der Waals surface area contributed by atoms with Crippen LogP contribution in [0, 0.1) is 30.1 Å². The van der Waals surface area contributed by atoms with Crippen LogP contribution < -0.4 is 4.90 Å². The maximum atomic E-state index is 13.2. The summed E-state index contributed by atoms with van der Waals surface area (Å²) in [6.07, 6.45) is 5.20. The Bertz CT molecular complexity index is 1510. The molecule has 35 heavy (non-hydrogen) atoms. The van der Waals surface area contributed by atoms with Gasteiger partial charge in [-0.15, -0.1) is 0 Å². The molecule has 2 aliphatic rings. The Morgan fingerprint density at radius 3 is 2.40 bits per heavy atom. The largest absolute Gasteiger partial charge is 0.356 e. The van der Waals surface area contributed by atoms with Crippen molar-refractivity contribution in [2.45, 2.75) is 48.8 Å². The fourth-order valence-corrected chi connectivity index (χ4v) is 8.52. The Morgan fingerprint density at radius 1 is 1.06 bits per heavy atom. The van der Waals surface area contributed by atoms with E-state index in [4.69, 9.17) is 5.26 Å². The predicted molar refractivity (Wildman–Crippen MR) is 132 cm³/mol. The van der Waals surface area contributed by atoms with E-state index in [0.29, 0.717) is 29.7 Å². The van der Waals surface area contributed by atoms with Crippen LogP contribution in [0.25, 0.3) is 11.0 Å². The van der Waals surface area contributed by atoms with E-state index in [1.165, 1.54) is 16.5 Å². The van der Waals surface area contributed by atoms with E-state index >= 15 is 0 Å². The Kier molecular flexibility index (Phi) is 5.84. The Labute approximate surface area is 205 Å². The molecule has 2 fully saturated rings. The van der Waals surface area contributed by atoms with Crippen molar-refractivity contribution in [3.8, 4) is 6.07 Å². The molecular formula is C24H27N5O4S2. The number of nitriles is 1. The molecule has 0 saturated heterocycles. The molecule has 0 N–H and O–H groups in total. The zero-order chi connectivity index (χ0) is 25.0. The number of rotatable bonds is 7. The van der Waals surface area contributed by atoms with Crippen LogP contribution >= 0.6 is 0 Å². The minimum Gasteiger partial charge on any atom is -0.356 e. The third-order valence-electron chi connectivity index (χ3n) is 7.35. The van der Waals surface area contributed by atoms with Crippen LogP contribution in [-0.4, -0.2) is 54.9 Å². The van der Waals surface area contributed by atoms with Crippen molar-refractivity contribution >= 4 is 36.7 Å². The third-order valence-corrected chi connectivity index (χ3v) is 11.4. The van der Waals surface area contributed by atoms with Gasteiger partial charge in [-0.1, -0.05) is 17.7 Å². The summed E-state index contributed by atoms with van der Waals surface area (Å²) in [6, 6.07) is 10.6. The number of fused-ring (bicyclic) bond motifs is 1. The SMILES string of the molecule is Cc1ccc(S(=O)(=O)n2ccc3c(N(C)C4CC(CS(=O)(=O)C5CC(C#N)C5)C4)ncnc32)cc1. The molecule has 3 aromatic rings. The van der Waals surface area contributed by atoms with Crippen molar-refractivity contribution in [1.82, 2.24) is 13.9 Å². The van der Waals surface area contributed by atoms with Crippen molar-refractivity contribution in [2.24, 2.45) is 11.8 Å². The van der Waals surface area contributed by atoms with E-state index in [-0.39, 0.29) is 33.8 Å². The second kappa shape index (κ2) is 8.60. The Morgan fingerprint density at radius 2 is 1.74 bits per heavy atom. The molecule has 0 amide bonds. The molecule has 11 heteroatoms. The molecule has 0 bridgehead atoms. The van der Waals surface area contributed by atoms with E-state index in [0.717, 1.165) is 18.4 Å². The smallest absolute Gasteiger partial charge is 0.269 e. The predicted octanol–water partition coefficient (Wildman–Crippen LogP) is 2.91. The normalized spacial score (nSPS) is 24.4. The van der Waals surface area contributed by atoms with Crippen LogP contribution in [0.2, 0.25) is 0 Å². The summed E-state index contributed by atoms with van der Waals surface area (Å²) in [5.41, 5.74) is 1.27. The quantitative estimate of drug-likeness (QED) is 0.472. The molecule has 5 rings (SSSR count). The fourth-order valence-electron chi connectivity index (χ4n) is 4.97. The van der Waals surface area contributed by atoms with Gasteiger partial charge in [0, 0.05) is 25.2 Å².